The van der Waals surface area contributed by atoms with E-state index in [1.807, 2.05) is 0 Å². The number of rotatable bonds is 4. The first kappa shape index (κ1) is 12.7. The van der Waals surface area contributed by atoms with E-state index >= 15 is 0 Å². The normalized spacial score (nSPS) is 17.8. The Morgan fingerprint density at radius 1 is 1.18 bits per heavy atom. The summed E-state index contributed by atoms with van der Waals surface area (Å²) in [4.78, 5) is 2.46. The van der Waals surface area contributed by atoms with Gasteiger partial charge in [0.2, 0.25) is 0 Å². The minimum absolute atomic E-state index is 0.141. The highest BCUT2D eigenvalue weighted by Crippen LogP contribution is 2.15. The van der Waals surface area contributed by atoms with E-state index in [4.69, 9.17) is 4.42 Å². The number of nitrogens with zero attached hydrogens (tertiary/aromatic N) is 1. The second-order valence-electron chi connectivity index (χ2n) is 5.95. The van der Waals surface area contributed by atoms with E-state index in [0.29, 0.717) is 0 Å². The summed E-state index contributed by atoms with van der Waals surface area (Å²) in [5, 5.41) is 3.44. The van der Waals surface area contributed by atoms with Gasteiger partial charge in [-0.1, -0.05) is 0 Å². The second kappa shape index (κ2) is 5.23. The van der Waals surface area contributed by atoms with Crippen LogP contribution in [0.15, 0.2) is 16.5 Å². The Morgan fingerprint density at radius 3 is 2.47 bits per heavy atom. The number of furan rings is 1. The maximum atomic E-state index is 5.84. The van der Waals surface area contributed by atoms with Crippen LogP contribution in [0.5, 0.6) is 0 Å². The summed E-state index contributed by atoms with van der Waals surface area (Å²) in [6.07, 6.45) is 2.66. The molecule has 3 nitrogen and oxygen atoms in total. The van der Waals surface area contributed by atoms with Crippen LogP contribution in [0.3, 0.4) is 0 Å². The van der Waals surface area contributed by atoms with Gasteiger partial charge in [-0.05, 0) is 58.8 Å². The average molecular weight is 236 g/mol. The molecular formula is C14H24N2O. The molecule has 0 saturated carbocycles. The van der Waals surface area contributed by atoms with Gasteiger partial charge in [0.25, 0.3) is 0 Å². The van der Waals surface area contributed by atoms with Gasteiger partial charge in [-0.25, -0.2) is 0 Å². The van der Waals surface area contributed by atoms with E-state index in [0.717, 1.165) is 24.6 Å². The van der Waals surface area contributed by atoms with Gasteiger partial charge in [0.05, 0.1) is 13.1 Å². The highest BCUT2D eigenvalue weighted by atomic mass is 16.3. The topological polar surface area (TPSA) is 28.4 Å². The summed E-state index contributed by atoms with van der Waals surface area (Å²) < 4.78 is 5.84. The van der Waals surface area contributed by atoms with Crippen LogP contribution in [0.1, 0.15) is 45.1 Å². The summed E-state index contributed by atoms with van der Waals surface area (Å²) in [6.45, 7) is 10.7. The standard InChI is InChI=1S/C14H24N2O/c1-14(2,3)15-10-12-6-7-13(17-12)11-16-8-4-5-9-16/h6-7,15H,4-5,8-11H2,1-3H3. The van der Waals surface area contributed by atoms with Crippen molar-refractivity contribution in [1.82, 2.24) is 10.2 Å². The lowest BCUT2D eigenvalue weighted by atomic mass is 10.1. The molecule has 0 aromatic carbocycles. The van der Waals surface area contributed by atoms with E-state index in [-0.39, 0.29) is 5.54 Å². The number of hydrogen-bond donors (Lipinski definition) is 1. The van der Waals surface area contributed by atoms with Crippen LogP contribution in [0.2, 0.25) is 0 Å². The van der Waals surface area contributed by atoms with E-state index in [2.05, 4.69) is 43.1 Å². The Hall–Kier alpha value is -0.800. The first-order chi connectivity index (χ1) is 8.03. The summed E-state index contributed by atoms with van der Waals surface area (Å²) in [5.74, 6) is 2.13. The van der Waals surface area contributed by atoms with Crippen LogP contribution in [0.4, 0.5) is 0 Å². The molecule has 1 aliphatic heterocycles. The van der Waals surface area contributed by atoms with Crippen LogP contribution in [-0.2, 0) is 13.1 Å². The molecule has 3 heteroatoms. The van der Waals surface area contributed by atoms with E-state index in [1.165, 1.54) is 25.9 Å². The maximum Gasteiger partial charge on any atom is 0.118 e. The Morgan fingerprint density at radius 2 is 1.82 bits per heavy atom. The molecule has 0 radical (unpaired) electrons. The van der Waals surface area contributed by atoms with Crippen molar-refractivity contribution in [3.8, 4) is 0 Å². The molecule has 1 aromatic rings. The fourth-order valence-electron chi connectivity index (χ4n) is 2.12. The predicted molar refractivity (Wildman–Crippen MR) is 69.8 cm³/mol. The van der Waals surface area contributed by atoms with Crippen LogP contribution in [0, 0.1) is 0 Å². The van der Waals surface area contributed by atoms with Gasteiger partial charge in [0.1, 0.15) is 11.5 Å². The summed E-state index contributed by atoms with van der Waals surface area (Å²) >= 11 is 0. The lowest BCUT2D eigenvalue weighted by molar-refractivity contribution is 0.288. The average Bonchev–Trinajstić information content (AvgIpc) is 2.86. The van der Waals surface area contributed by atoms with E-state index < -0.39 is 0 Å². The molecule has 17 heavy (non-hydrogen) atoms. The predicted octanol–water partition coefficient (Wildman–Crippen LogP) is 2.76. The van der Waals surface area contributed by atoms with Crippen molar-refractivity contribution in [3.63, 3.8) is 0 Å². The molecule has 96 valence electrons. The van der Waals surface area contributed by atoms with Crippen molar-refractivity contribution in [2.45, 2.75) is 52.2 Å². The van der Waals surface area contributed by atoms with Crippen molar-refractivity contribution >= 4 is 0 Å². The molecule has 1 aliphatic rings. The molecule has 0 atom stereocenters. The van der Waals surface area contributed by atoms with Gasteiger partial charge in [0, 0.05) is 5.54 Å². The SMILES string of the molecule is CC(C)(C)NCc1ccc(CN2CCCC2)o1. The quantitative estimate of drug-likeness (QED) is 0.871. The Balaban J connectivity index is 1.83. The molecule has 2 heterocycles. The van der Waals surface area contributed by atoms with Gasteiger partial charge < -0.3 is 9.73 Å². The van der Waals surface area contributed by atoms with Gasteiger partial charge in [-0.15, -0.1) is 0 Å². The Kier molecular flexibility index (Phi) is 3.89. The molecule has 0 amide bonds. The first-order valence-corrected chi connectivity index (χ1v) is 6.58. The fraction of sp³-hybridized carbons (Fsp3) is 0.714. The maximum absolute atomic E-state index is 5.84. The molecule has 0 unspecified atom stereocenters. The van der Waals surface area contributed by atoms with E-state index in [1.54, 1.807) is 0 Å². The van der Waals surface area contributed by atoms with Gasteiger partial charge >= 0.3 is 0 Å². The number of likely N-dealkylation sites (tertiary alicyclic amines) is 1. The lowest BCUT2D eigenvalue weighted by Gasteiger charge is -2.19. The van der Waals surface area contributed by atoms with Crippen molar-refractivity contribution in [2.75, 3.05) is 13.1 Å². The third-order valence-electron chi connectivity index (χ3n) is 3.09. The minimum atomic E-state index is 0.141. The van der Waals surface area contributed by atoms with Crippen molar-refractivity contribution in [3.05, 3.63) is 23.7 Å². The third kappa shape index (κ3) is 4.17. The molecule has 0 bridgehead atoms. The zero-order valence-electron chi connectivity index (χ0n) is 11.3. The smallest absolute Gasteiger partial charge is 0.118 e. The van der Waals surface area contributed by atoms with E-state index in [9.17, 15) is 0 Å². The van der Waals surface area contributed by atoms with Gasteiger partial charge in [-0.2, -0.15) is 0 Å². The minimum Gasteiger partial charge on any atom is -0.463 e. The monoisotopic (exact) mass is 236 g/mol. The fourth-order valence-corrected chi connectivity index (χ4v) is 2.12. The van der Waals surface area contributed by atoms with Crippen LogP contribution in [-0.4, -0.2) is 23.5 Å². The highest BCUT2D eigenvalue weighted by Gasteiger charge is 2.14. The number of hydrogen-bond acceptors (Lipinski definition) is 3. The second-order valence-corrected chi connectivity index (χ2v) is 5.95. The third-order valence-corrected chi connectivity index (χ3v) is 3.09. The van der Waals surface area contributed by atoms with Crippen molar-refractivity contribution in [1.29, 1.82) is 0 Å². The number of nitrogens with one attached hydrogen (secondary N) is 1. The van der Waals surface area contributed by atoms with Gasteiger partial charge in [-0.3, -0.25) is 4.90 Å². The first-order valence-electron chi connectivity index (χ1n) is 6.58. The zero-order valence-corrected chi connectivity index (χ0v) is 11.3. The van der Waals surface area contributed by atoms with Crippen LogP contribution < -0.4 is 5.32 Å². The molecule has 1 N–H and O–H groups in total. The van der Waals surface area contributed by atoms with Crippen LogP contribution >= 0.6 is 0 Å². The molecule has 1 saturated heterocycles. The summed E-state index contributed by atoms with van der Waals surface area (Å²) in [7, 11) is 0. The lowest BCUT2D eigenvalue weighted by Crippen LogP contribution is -2.34. The summed E-state index contributed by atoms with van der Waals surface area (Å²) in [5.41, 5.74) is 0.141. The van der Waals surface area contributed by atoms with Crippen molar-refractivity contribution < 1.29 is 4.42 Å². The van der Waals surface area contributed by atoms with Crippen LogP contribution in [0.25, 0.3) is 0 Å². The Labute approximate surface area is 104 Å². The molecule has 1 fully saturated rings. The Bertz CT molecular complexity index is 345. The summed E-state index contributed by atoms with van der Waals surface area (Å²) in [6, 6.07) is 4.20. The zero-order chi connectivity index (χ0) is 12.3. The van der Waals surface area contributed by atoms with Crippen molar-refractivity contribution in [2.24, 2.45) is 0 Å². The molecule has 1 aromatic heterocycles. The van der Waals surface area contributed by atoms with Gasteiger partial charge in [0.15, 0.2) is 0 Å². The molecule has 2 rings (SSSR count). The largest absolute Gasteiger partial charge is 0.463 e. The molecule has 0 spiro atoms. The molecular weight excluding hydrogens is 212 g/mol. The highest BCUT2D eigenvalue weighted by molar-refractivity contribution is 5.07. The molecule has 0 aliphatic carbocycles.